The highest BCUT2D eigenvalue weighted by Gasteiger charge is 2.10. The highest BCUT2D eigenvalue weighted by molar-refractivity contribution is 6.08. The third-order valence-corrected chi connectivity index (χ3v) is 4.49. The predicted molar refractivity (Wildman–Crippen MR) is 104 cm³/mol. The molecule has 3 heteroatoms. The molecule has 124 valence electrons. The zero-order valence-corrected chi connectivity index (χ0v) is 14.4. The number of aryl methyl sites for hydroxylation is 2. The van der Waals surface area contributed by atoms with Crippen LogP contribution in [0, 0.1) is 13.8 Å². The molecule has 2 N–H and O–H groups in total. The molecule has 0 bridgehead atoms. The largest absolute Gasteiger partial charge is 0.392 e. The second-order valence-corrected chi connectivity index (χ2v) is 6.51. The lowest BCUT2D eigenvalue weighted by molar-refractivity contribution is 0.282. The van der Waals surface area contributed by atoms with E-state index in [2.05, 4.69) is 55.6 Å². The second kappa shape index (κ2) is 6.19. The minimum atomic E-state index is 0.0554. The van der Waals surface area contributed by atoms with Crippen molar-refractivity contribution in [1.82, 2.24) is 4.98 Å². The van der Waals surface area contributed by atoms with Crippen LogP contribution in [0.4, 0.5) is 11.4 Å². The summed E-state index contributed by atoms with van der Waals surface area (Å²) in [6.07, 6.45) is 0. The first kappa shape index (κ1) is 15.6. The number of aliphatic hydroxyl groups excluding tert-OH is 1. The van der Waals surface area contributed by atoms with Crippen LogP contribution >= 0.6 is 0 Å². The molecule has 0 saturated heterocycles. The summed E-state index contributed by atoms with van der Waals surface area (Å²) >= 11 is 0. The number of anilines is 2. The van der Waals surface area contributed by atoms with E-state index < -0.39 is 0 Å². The molecule has 0 aliphatic heterocycles. The quantitative estimate of drug-likeness (QED) is 0.505. The van der Waals surface area contributed by atoms with Crippen molar-refractivity contribution < 1.29 is 5.11 Å². The lowest BCUT2D eigenvalue weighted by atomic mass is 10.0. The Morgan fingerprint density at radius 3 is 2.28 bits per heavy atom. The maximum Gasteiger partial charge on any atom is 0.0733 e. The molecule has 3 nitrogen and oxygen atoms in total. The van der Waals surface area contributed by atoms with Gasteiger partial charge in [-0.15, -0.1) is 0 Å². The van der Waals surface area contributed by atoms with Gasteiger partial charge < -0.3 is 10.4 Å². The van der Waals surface area contributed by atoms with Crippen LogP contribution in [-0.4, -0.2) is 10.1 Å². The molecule has 0 aliphatic carbocycles. The number of nitrogens with one attached hydrogen (secondary N) is 1. The van der Waals surface area contributed by atoms with Crippen molar-refractivity contribution in [2.45, 2.75) is 20.5 Å². The van der Waals surface area contributed by atoms with E-state index in [1.54, 1.807) is 0 Å². The second-order valence-electron chi connectivity index (χ2n) is 6.51. The number of fused-ring (bicyclic) bond motifs is 2. The standard InChI is InChI=1S/C22H20N2O/c1-14-4-10-20-19(11-14)22(18-9-3-15(2)12-21(18)24-20)23-17-7-5-16(13-25)6-8-17/h3-12,25H,13H2,1-2H3,(H,23,24). The van der Waals surface area contributed by atoms with Gasteiger partial charge in [-0.25, -0.2) is 4.98 Å². The number of benzene rings is 3. The summed E-state index contributed by atoms with van der Waals surface area (Å²) < 4.78 is 0. The molecular formula is C22H20N2O. The van der Waals surface area contributed by atoms with Crippen molar-refractivity contribution >= 4 is 33.2 Å². The molecule has 0 saturated carbocycles. The molecule has 4 aromatic rings. The van der Waals surface area contributed by atoms with E-state index in [-0.39, 0.29) is 6.61 Å². The molecule has 0 atom stereocenters. The summed E-state index contributed by atoms with van der Waals surface area (Å²) in [5.74, 6) is 0. The summed E-state index contributed by atoms with van der Waals surface area (Å²) in [7, 11) is 0. The van der Waals surface area contributed by atoms with Gasteiger partial charge in [0.05, 0.1) is 23.3 Å². The molecule has 3 aromatic carbocycles. The molecule has 0 unspecified atom stereocenters. The van der Waals surface area contributed by atoms with Gasteiger partial charge >= 0.3 is 0 Å². The van der Waals surface area contributed by atoms with Crippen LogP contribution in [0.5, 0.6) is 0 Å². The summed E-state index contributed by atoms with van der Waals surface area (Å²) in [6, 6.07) is 20.6. The number of aliphatic hydroxyl groups is 1. The molecule has 25 heavy (non-hydrogen) atoms. The van der Waals surface area contributed by atoms with Crippen molar-refractivity contribution in [3.05, 3.63) is 77.4 Å². The molecule has 0 radical (unpaired) electrons. The number of pyridine rings is 1. The van der Waals surface area contributed by atoms with Gasteiger partial charge in [0, 0.05) is 16.5 Å². The average Bonchev–Trinajstić information content (AvgIpc) is 2.62. The first-order chi connectivity index (χ1) is 12.1. The van der Waals surface area contributed by atoms with Crippen LogP contribution < -0.4 is 5.32 Å². The Morgan fingerprint density at radius 2 is 1.52 bits per heavy atom. The number of nitrogens with zero attached hydrogens (tertiary/aromatic N) is 1. The maximum atomic E-state index is 9.23. The van der Waals surface area contributed by atoms with E-state index in [0.717, 1.165) is 38.7 Å². The highest BCUT2D eigenvalue weighted by Crippen LogP contribution is 2.34. The number of aromatic nitrogens is 1. The van der Waals surface area contributed by atoms with Crippen LogP contribution in [0.3, 0.4) is 0 Å². The lowest BCUT2D eigenvalue weighted by Crippen LogP contribution is -1.96. The maximum absolute atomic E-state index is 9.23. The topological polar surface area (TPSA) is 45.1 Å². The lowest BCUT2D eigenvalue weighted by Gasteiger charge is -2.14. The molecular weight excluding hydrogens is 308 g/mol. The fourth-order valence-electron chi connectivity index (χ4n) is 3.14. The molecule has 0 amide bonds. The summed E-state index contributed by atoms with van der Waals surface area (Å²) in [5.41, 5.74) is 7.35. The summed E-state index contributed by atoms with van der Waals surface area (Å²) in [5, 5.41) is 15.0. The van der Waals surface area contributed by atoms with E-state index in [0.29, 0.717) is 0 Å². The summed E-state index contributed by atoms with van der Waals surface area (Å²) in [4.78, 5) is 4.84. The van der Waals surface area contributed by atoms with Crippen LogP contribution in [0.25, 0.3) is 21.8 Å². The van der Waals surface area contributed by atoms with Crippen LogP contribution in [0.15, 0.2) is 60.7 Å². The fraction of sp³-hybridized carbons (Fsp3) is 0.136. The molecule has 1 aromatic heterocycles. The zero-order chi connectivity index (χ0) is 17.4. The molecule has 0 fully saturated rings. The average molecular weight is 328 g/mol. The van der Waals surface area contributed by atoms with Crippen molar-refractivity contribution in [3.63, 3.8) is 0 Å². The monoisotopic (exact) mass is 328 g/mol. The smallest absolute Gasteiger partial charge is 0.0733 e. The van der Waals surface area contributed by atoms with Crippen LogP contribution in [0.1, 0.15) is 16.7 Å². The Labute approximate surface area is 147 Å². The predicted octanol–water partition coefficient (Wildman–Crippen LogP) is 5.24. The van der Waals surface area contributed by atoms with Gasteiger partial charge in [-0.3, -0.25) is 0 Å². The van der Waals surface area contributed by atoms with Gasteiger partial charge in [0.2, 0.25) is 0 Å². The van der Waals surface area contributed by atoms with Gasteiger partial charge in [0.25, 0.3) is 0 Å². The van der Waals surface area contributed by atoms with Crippen LogP contribution in [-0.2, 0) is 6.61 Å². The first-order valence-corrected chi connectivity index (χ1v) is 8.41. The van der Waals surface area contributed by atoms with Crippen molar-refractivity contribution in [1.29, 1.82) is 0 Å². The third kappa shape index (κ3) is 2.94. The molecule has 0 spiro atoms. The van der Waals surface area contributed by atoms with Gasteiger partial charge in [-0.05, 0) is 55.3 Å². The van der Waals surface area contributed by atoms with E-state index in [9.17, 15) is 5.11 Å². The van der Waals surface area contributed by atoms with Gasteiger partial charge in [-0.1, -0.05) is 35.9 Å². The Morgan fingerprint density at radius 1 is 0.800 bits per heavy atom. The Bertz CT molecular complexity index is 1070. The van der Waals surface area contributed by atoms with E-state index in [1.807, 2.05) is 24.3 Å². The number of rotatable bonds is 3. The minimum absolute atomic E-state index is 0.0554. The van der Waals surface area contributed by atoms with E-state index >= 15 is 0 Å². The number of hydrogen-bond donors (Lipinski definition) is 2. The minimum Gasteiger partial charge on any atom is -0.392 e. The Hall–Kier alpha value is -2.91. The summed E-state index contributed by atoms with van der Waals surface area (Å²) in [6.45, 7) is 4.24. The van der Waals surface area contributed by atoms with E-state index in [4.69, 9.17) is 4.98 Å². The van der Waals surface area contributed by atoms with Crippen molar-refractivity contribution in [2.75, 3.05) is 5.32 Å². The molecule has 4 rings (SSSR count). The zero-order valence-electron chi connectivity index (χ0n) is 14.4. The highest BCUT2D eigenvalue weighted by atomic mass is 16.3. The Balaban J connectivity index is 1.95. The first-order valence-electron chi connectivity index (χ1n) is 8.41. The fourth-order valence-corrected chi connectivity index (χ4v) is 3.14. The number of hydrogen-bond acceptors (Lipinski definition) is 3. The SMILES string of the molecule is Cc1ccc2c(Nc3ccc(CO)cc3)c3cc(C)ccc3nc2c1. The van der Waals surface area contributed by atoms with Crippen molar-refractivity contribution in [2.24, 2.45) is 0 Å². The van der Waals surface area contributed by atoms with Gasteiger partial charge in [0.15, 0.2) is 0 Å². The molecule has 1 heterocycles. The van der Waals surface area contributed by atoms with Gasteiger partial charge in [0.1, 0.15) is 0 Å². The normalized spacial score (nSPS) is 11.2. The third-order valence-electron chi connectivity index (χ3n) is 4.49. The molecule has 0 aliphatic rings. The van der Waals surface area contributed by atoms with Gasteiger partial charge in [-0.2, -0.15) is 0 Å². The van der Waals surface area contributed by atoms with Crippen LogP contribution in [0.2, 0.25) is 0 Å². The van der Waals surface area contributed by atoms with Crippen molar-refractivity contribution in [3.8, 4) is 0 Å². The Kier molecular flexibility index (Phi) is 3.86. The van der Waals surface area contributed by atoms with E-state index in [1.165, 1.54) is 11.1 Å².